The van der Waals surface area contributed by atoms with E-state index in [1.807, 2.05) is 0 Å². The molecule has 58 heavy (non-hydrogen) atoms. The van der Waals surface area contributed by atoms with Gasteiger partial charge >= 0.3 is 5.97 Å². The van der Waals surface area contributed by atoms with Crippen LogP contribution in [0.1, 0.15) is 284 Å². The van der Waals surface area contributed by atoms with Crippen LogP contribution in [0.5, 0.6) is 0 Å². The Kier molecular flexibility index (Phi) is 47.1. The molecular weight excluding hydrogens is 719 g/mol. The lowest BCUT2D eigenvalue weighted by molar-refractivity contribution is -0.143. The standard InChI is InChI=1S/C52H101NO5/c1-3-5-7-9-11-13-15-16-17-18-19-20-21-22-23-25-28-32-36-40-44-50(55)49(48-54)53-51(56)45-41-37-33-29-26-27-31-35-39-43-47-58-52(57)46-42-38-34-30-24-14-12-10-8-6-4-2/h27,31,49-50,54-55H,3-26,28-30,32-48H2,1-2H3,(H,53,56)/b31-27-. The molecule has 0 radical (unpaired) electrons. The first-order valence-electron chi connectivity index (χ1n) is 25.9. The highest BCUT2D eigenvalue weighted by Crippen LogP contribution is 2.17. The van der Waals surface area contributed by atoms with Gasteiger partial charge in [-0.15, -0.1) is 0 Å². The van der Waals surface area contributed by atoms with Crippen LogP contribution in [0.4, 0.5) is 0 Å². The molecule has 0 bridgehead atoms. The third-order valence-electron chi connectivity index (χ3n) is 12.1. The van der Waals surface area contributed by atoms with Crippen LogP contribution in [-0.2, 0) is 14.3 Å². The van der Waals surface area contributed by atoms with Gasteiger partial charge in [-0.1, -0.05) is 231 Å². The van der Waals surface area contributed by atoms with Gasteiger partial charge in [-0.25, -0.2) is 0 Å². The van der Waals surface area contributed by atoms with Gasteiger partial charge in [0.05, 0.1) is 25.4 Å². The number of hydrogen-bond acceptors (Lipinski definition) is 5. The van der Waals surface area contributed by atoms with Gasteiger partial charge in [-0.05, 0) is 51.4 Å². The monoisotopic (exact) mass is 820 g/mol. The summed E-state index contributed by atoms with van der Waals surface area (Å²) < 4.78 is 5.41. The Labute approximate surface area is 361 Å². The minimum Gasteiger partial charge on any atom is -0.466 e. The molecule has 1 amide bonds. The maximum Gasteiger partial charge on any atom is 0.305 e. The van der Waals surface area contributed by atoms with E-state index in [1.54, 1.807) is 0 Å². The SMILES string of the molecule is CCCCCCCCCCCCCCCCCCCCCCC(O)C(CO)NC(=O)CCCCCC/C=C\CCCCOC(=O)CCCCCCCCCCCCC. The van der Waals surface area contributed by atoms with Gasteiger partial charge in [0, 0.05) is 12.8 Å². The van der Waals surface area contributed by atoms with Crippen molar-refractivity contribution in [3.05, 3.63) is 12.2 Å². The number of allylic oxidation sites excluding steroid dienone is 2. The molecule has 0 heterocycles. The Bertz CT molecular complexity index is 863. The first-order valence-corrected chi connectivity index (χ1v) is 25.9. The fraction of sp³-hybridized carbons (Fsp3) is 0.923. The molecule has 0 rings (SSSR count). The molecule has 0 aliphatic carbocycles. The van der Waals surface area contributed by atoms with E-state index in [0.717, 1.165) is 77.0 Å². The second-order valence-electron chi connectivity index (χ2n) is 17.9. The van der Waals surface area contributed by atoms with Crippen LogP contribution in [0, 0.1) is 0 Å². The summed E-state index contributed by atoms with van der Waals surface area (Å²) in [5.74, 6) is -0.104. The fourth-order valence-electron chi connectivity index (χ4n) is 8.05. The zero-order chi connectivity index (χ0) is 42.3. The van der Waals surface area contributed by atoms with Crippen molar-refractivity contribution < 1.29 is 24.5 Å². The first kappa shape index (κ1) is 56.6. The third-order valence-corrected chi connectivity index (χ3v) is 12.1. The van der Waals surface area contributed by atoms with Crippen LogP contribution in [0.3, 0.4) is 0 Å². The lowest BCUT2D eigenvalue weighted by Crippen LogP contribution is -2.45. The van der Waals surface area contributed by atoms with E-state index in [1.165, 1.54) is 173 Å². The number of carbonyl (C=O) groups excluding carboxylic acids is 2. The molecule has 0 fully saturated rings. The third kappa shape index (κ3) is 44.2. The molecule has 0 aromatic heterocycles. The van der Waals surface area contributed by atoms with E-state index in [4.69, 9.17) is 4.74 Å². The van der Waals surface area contributed by atoms with Crippen molar-refractivity contribution in [2.75, 3.05) is 13.2 Å². The molecule has 0 aromatic rings. The summed E-state index contributed by atoms with van der Waals surface area (Å²) in [7, 11) is 0. The van der Waals surface area contributed by atoms with Gasteiger partial charge in [-0.2, -0.15) is 0 Å². The molecule has 0 spiro atoms. The van der Waals surface area contributed by atoms with Crippen LogP contribution in [0.2, 0.25) is 0 Å². The average molecular weight is 820 g/mol. The normalized spacial score (nSPS) is 12.7. The van der Waals surface area contributed by atoms with Crippen LogP contribution in [-0.4, -0.2) is 47.4 Å². The lowest BCUT2D eigenvalue weighted by Gasteiger charge is -2.22. The zero-order valence-corrected chi connectivity index (χ0v) is 39.0. The molecular formula is C52H101NO5. The molecule has 0 aliphatic rings. The minimum absolute atomic E-state index is 0.0361. The van der Waals surface area contributed by atoms with Crippen LogP contribution in [0.25, 0.3) is 0 Å². The highest BCUT2D eigenvalue weighted by Gasteiger charge is 2.20. The molecule has 3 N–H and O–H groups in total. The van der Waals surface area contributed by atoms with Crippen molar-refractivity contribution >= 4 is 11.9 Å². The van der Waals surface area contributed by atoms with Crippen molar-refractivity contribution in [3.8, 4) is 0 Å². The molecule has 6 nitrogen and oxygen atoms in total. The van der Waals surface area contributed by atoms with Gasteiger partial charge < -0.3 is 20.3 Å². The van der Waals surface area contributed by atoms with Crippen molar-refractivity contribution in [2.24, 2.45) is 0 Å². The quantitative estimate of drug-likeness (QED) is 0.0323. The van der Waals surface area contributed by atoms with Crippen molar-refractivity contribution in [1.29, 1.82) is 0 Å². The maximum atomic E-state index is 12.5. The van der Waals surface area contributed by atoms with Gasteiger partial charge in [0.15, 0.2) is 0 Å². The van der Waals surface area contributed by atoms with Crippen LogP contribution < -0.4 is 5.32 Å². The Hall–Kier alpha value is -1.40. The van der Waals surface area contributed by atoms with Gasteiger partial charge in [0.2, 0.25) is 5.91 Å². The molecule has 2 unspecified atom stereocenters. The molecule has 0 aromatic carbocycles. The number of hydrogen-bond donors (Lipinski definition) is 3. The number of nitrogens with one attached hydrogen (secondary N) is 1. The topological polar surface area (TPSA) is 95.9 Å². The number of carbonyl (C=O) groups is 2. The van der Waals surface area contributed by atoms with Gasteiger partial charge in [0.25, 0.3) is 0 Å². The number of aliphatic hydroxyl groups is 2. The van der Waals surface area contributed by atoms with Crippen LogP contribution in [0.15, 0.2) is 12.2 Å². The highest BCUT2D eigenvalue weighted by molar-refractivity contribution is 5.76. The Balaban J connectivity index is 3.52. The summed E-state index contributed by atoms with van der Waals surface area (Å²) in [6, 6.07) is -0.566. The van der Waals surface area contributed by atoms with Crippen molar-refractivity contribution in [1.82, 2.24) is 5.32 Å². The van der Waals surface area contributed by atoms with E-state index in [-0.39, 0.29) is 18.5 Å². The van der Waals surface area contributed by atoms with Crippen LogP contribution >= 0.6 is 0 Å². The number of rotatable bonds is 48. The van der Waals surface area contributed by atoms with E-state index in [2.05, 4.69) is 31.3 Å². The Morgan fingerprint density at radius 3 is 1.22 bits per heavy atom. The number of aliphatic hydroxyl groups excluding tert-OH is 2. The van der Waals surface area contributed by atoms with E-state index in [0.29, 0.717) is 25.9 Å². The van der Waals surface area contributed by atoms with E-state index in [9.17, 15) is 19.8 Å². The zero-order valence-electron chi connectivity index (χ0n) is 39.0. The second kappa shape index (κ2) is 48.3. The largest absolute Gasteiger partial charge is 0.466 e. The summed E-state index contributed by atoms with van der Waals surface area (Å²) in [5.41, 5.74) is 0. The number of ether oxygens (including phenoxy) is 1. The summed E-state index contributed by atoms with van der Waals surface area (Å²) >= 11 is 0. The summed E-state index contributed by atoms with van der Waals surface area (Å²) in [5, 5.41) is 23.2. The smallest absolute Gasteiger partial charge is 0.305 e. The molecule has 0 saturated heterocycles. The average Bonchev–Trinajstić information content (AvgIpc) is 3.22. The van der Waals surface area contributed by atoms with Crippen molar-refractivity contribution in [2.45, 2.75) is 296 Å². The number of unbranched alkanes of at least 4 members (excludes halogenated alkanes) is 35. The van der Waals surface area contributed by atoms with Gasteiger partial charge in [-0.3, -0.25) is 9.59 Å². The van der Waals surface area contributed by atoms with Crippen molar-refractivity contribution in [3.63, 3.8) is 0 Å². The number of amides is 1. The summed E-state index contributed by atoms with van der Waals surface area (Å²) in [4.78, 5) is 24.4. The minimum atomic E-state index is -0.685. The van der Waals surface area contributed by atoms with Gasteiger partial charge in [0.1, 0.15) is 0 Å². The number of esters is 1. The second-order valence-corrected chi connectivity index (χ2v) is 17.9. The molecule has 6 heteroatoms. The Morgan fingerprint density at radius 1 is 0.466 bits per heavy atom. The first-order chi connectivity index (χ1) is 28.5. The molecule has 0 aliphatic heterocycles. The lowest BCUT2D eigenvalue weighted by atomic mass is 10.0. The molecule has 2 atom stereocenters. The summed E-state index contributed by atoms with van der Waals surface area (Å²) in [6.45, 7) is 4.87. The Morgan fingerprint density at radius 2 is 0.810 bits per heavy atom. The predicted octanol–water partition coefficient (Wildman–Crippen LogP) is 15.3. The molecule has 344 valence electrons. The summed E-state index contributed by atoms with van der Waals surface area (Å²) in [6.07, 6.45) is 54.7. The molecule has 0 saturated carbocycles. The fourth-order valence-corrected chi connectivity index (χ4v) is 8.05. The maximum absolute atomic E-state index is 12.5. The van der Waals surface area contributed by atoms with E-state index >= 15 is 0 Å². The predicted molar refractivity (Wildman–Crippen MR) is 250 cm³/mol. The van der Waals surface area contributed by atoms with E-state index < -0.39 is 12.1 Å². The highest BCUT2D eigenvalue weighted by atomic mass is 16.5.